The number of halogens is 1. The summed E-state index contributed by atoms with van der Waals surface area (Å²) in [4.78, 5) is 11.8. The van der Waals surface area contributed by atoms with Crippen molar-refractivity contribution < 1.29 is 13.9 Å². The fourth-order valence-electron chi connectivity index (χ4n) is 1.37. The molecule has 0 bridgehead atoms. The molecular formula is C12H17FN2O2. The van der Waals surface area contributed by atoms with E-state index in [0.717, 1.165) is 0 Å². The molecule has 1 unspecified atom stereocenters. The van der Waals surface area contributed by atoms with Gasteiger partial charge in [0.15, 0.2) is 0 Å². The van der Waals surface area contributed by atoms with Crippen LogP contribution in [0.15, 0.2) is 18.2 Å². The monoisotopic (exact) mass is 240 g/mol. The third-order valence-corrected chi connectivity index (χ3v) is 2.25. The summed E-state index contributed by atoms with van der Waals surface area (Å²) in [6.07, 6.45) is 0. The zero-order valence-corrected chi connectivity index (χ0v) is 10.00. The molecule has 0 fully saturated rings. The molecule has 0 radical (unpaired) electrons. The Bertz CT molecular complexity index is 396. The topological polar surface area (TPSA) is 64.3 Å². The van der Waals surface area contributed by atoms with Gasteiger partial charge in [0.2, 0.25) is 0 Å². The first-order chi connectivity index (χ1) is 8.06. The number of rotatable bonds is 5. The Labute approximate surface area is 100.0 Å². The van der Waals surface area contributed by atoms with Crippen molar-refractivity contribution in [2.24, 2.45) is 0 Å². The number of hydrogen-bond acceptors (Lipinski definition) is 3. The molecule has 5 heteroatoms. The predicted molar refractivity (Wildman–Crippen MR) is 64.2 cm³/mol. The van der Waals surface area contributed by atoms with Crippen LogP contribution in [0.4, 0.5) is 10.1 Å². The maximum absolute atomic E-state index is 13.1. The van der Waals surface area contributed by atoms with Crippen LogP contribution in [0, 0.1) is 5.82 Å². The van der Waals surface area contributed by atoms with Crippen molar-refractivity contribution in [2.45, 2.75) is 19.9 Å². The van der Waals surface area contributed by atoms with Crippen molar-refractivity contribution >= 4 is 11.6 Å². The van der Waals surface area contributed by atoms with Gasteiger partial charge in [-0.15, -0.1) is 0 Å². The van der Waals surface area contributed by atoms with Crippen LogP contribution < -0.4 is 11.1 Å². The van der Waals surface area contributed by atoms with E-state index in [4.69, 9.17) is 10.5 Å². The molecule has 1 rings (SSSR count). The van der Waals surface area contributed by atoms with Crippen LogP contribution >= 0.6 is 0 Å². The molecule has 1 amide bonds. The Balaban J connectivity index is 2.67. The number of hydrogen-bond donors (Lipinski definition) is 2. The number of nitrogens with two attached hydrogens (primary N) is 1. The molecule has 0 aliphatic carbocycles. The first kappa shape index (κ1) is 13.4. The molecule has 1 aromatic rings. The first-order valence-corrected chi connectivity index (χ1v) is 5.48. The smallest absolute Gasteiger partial charge is 0.253 e. The molecule has 0 saturated carbocycles. The molecule has 0 aliphatic heterocycles. The average Bonchev–Trinajstić information content (AvgIpc) is 2.29. The van der Waals surface area contributed by atoms with Crippen molar-refractivity contribution in [3.05, 3.63) is 29.6 Å². The first-order valence-electron chi connectivity index (χ1n) is 5.48. The summed E-state index contributed by atoms with van der Waals surface area (Å²) in [6.45, 7) is 4.68. The van der Waals surface area contributed by atoms with Crippen molar-refractivity contribution in [1.29, 1.82) is 0 Å². The predicted octanol–water partition coefficient (Wildman–Crippen LogP) is 1.56. The van der Waals surface area contributed by atoms with Gasteiger partial charge in [-0.25, -0.2) is 4.39 Å². The number of carbonyl (C=O) groups excluding carboxylic acids is 1. The van der Waals surface area contributed by atoms with E-state index in [-0.39, 0.29) is 17.3 Å². The third-order valence-electron chi connectivity index (χ3n) is 2.25. The van der Waals surface area contributed by atoms with Gasteiger partial charge in [-0.1, -0.05) is 6.07 Å². The molecule has 0 saturated heterocycles. The van der Waals surface area contributed by atoms with Crippen molar-refractivity contribution in [1.82, 2.24) is 5.32 Å². The minimum Gasteiger partial charge on any atom is -0.396 e. The maximum Gasteiger partial charge on any atom is 0.253 e. The van der Waals surface area contributed by atoms with Crippen molar-refractivity contribution in [3.63, 3.8) is 0 Å². The van der Waals surface area contributed by atoms with E-state index in [0.29, 0.717) is 13.2 Å². The van der Waals surface area contributed by atoms with E-state index in [1.165, 1.54) is 18.2 Å². The number of nitrogen functional groups attached to an aromatic ring is 1. The highest BCUT2D eigenvalue weighted by Crippen LogP contribution is 2.15. The van der Waals surface area contributed by atoms with Gasteiger partial charge in [0.05, 0.1) is 17.9 Å². The van der Waals surface area contributed by atoms with Crippen LogP contribution in [0.25, 0.3) is 0 Å². The molecule has 1 aromatic carbocycles. The molecule has 1 atom stereocenters. The van der Waals surface area contributed by atoms with E-state index < -0.39 is 11.7 Å². The van der Waals surface area contributed by atoms with Gasteiger partial charge < -0.3 is 15.8 Å². The van der Waals surface area contributed by atoms with Crippen LogP contribution in [-0.4, -0.2) is 25.2 Å². The molecule has 0 aliphatic rings. The molecular weight excluding hydrogens is 223 g/mol. The number of ether oxygens (including phenoxy) is 1. The van der Waals surface area contributed by atoms with E-state index >= 15 is 0 Å². The second kappa shape index (κ2) is 6.20. The molecule has 4 nitrogen and oxygen atoms in total. The lowest BCUT2D eigenvalue weighted by atomic mass is 10.1. The van der Waals surface area contributed by atoms with Crippen LogP contribution in [-0.2, 0) is 4.74 Å². The summed E-state index contributed by atoms with van der Waals surface area (Å²) in [5, 5.41) is 2.69. The molecule has 0 heterocycles. The average molecular weight is 240 g/mol. The standard InChI is InChI=1S/C12H17FN2O2/c1-3-17-7-8(2)15-12(16)9-5-4-6-10(13)11(9)14/h4-6,8H,3,7,14H2,1-2H3,(H,15,16). The summed E-state index contributed by atoms with van der Waals surface area (Å²) >= 11 is 0. The zero-order chi connectivity index (χ0) is 12.8. The van der Waals surface area contributed by atoms with Gasteiger partial charge in [-0.2, -0.15) is 0 Å². The number of nitrogens with one attached hydrogen (secondary N) is 1. The largest absolute Gasteiger partial charge is 0.396 e. The molecule has 0 spiro atoms. The fourth-order valence-corrected chi connectivity index (χ4v) is 1.37. The number of benzene rings is 1. The normalized spacial score (nSPS) is 12.2. The minimum atomic E-state index is -0.588. The lowest BCUT2D eigenvalue weighted by molar-refractivity contribution is 0.0872. The summed E-state index contributed by atoms with van der Waals surface area (Å²) < 4.78 is 18.3. The van der Waals surface area contributed by atoms with Gasteiger partial charge in [0.25, 0.3) is 5.91 Å². The molecule has 0 aromatic heterocycles. The summed E-state index contributed by atoms with van der Waals surface area (Å²) in [7, 11) is 0. The lowest BCUT2D eigenvalue weighted by Gasteiger charge is -2.14. The lowest BCUT2D eigenvalue weighted by Crippen LogP contribution is -2.36. The SMILES string of the molecule is CCOCC(C)NC(=O)c1cccc(F)c1N. The number of carbonyl (C=O) groups is 1. The summed E-state index contributed by atoms with van der Waals surface area (Å²) in [5.74, 6) is -0.982. The zero-order valence-electron chi connectivity index (χ0n) is 10.00. The summed E-state index contributed by atoms with van der Waals surface area (Å²) in [6, 6.07) is 4.01. The van der Waals surface area contributed by atoms with Gasteiger partial charge in [0, 0.05) is 12.6 Å². The minimum absolute atomic E-state index is 0.131. The Morgan fingerprint density at radius 1 is 1.59 bits per heavy atom. The maximum atomic E-state index is 13.1. The number of anilines is 1. The third kappa shape index (κ3) is 3.71. The van der Waals surface area contributed by atoms with Gasteiger partial charge in [-0.3, -0.25) is 4.79 Å². The number of para-hydroxylation sites is 1. The Kier molecular flexibility index (Phi) is 4.90. The second-order valence-electron chi connectivity index (χ2n) is 3.74. The molecule has 17 heavy (non-hydrogen) atoms. The van der Waals surface area contributed by atoms with E-state index in [2.05, 4.69) is 5.32 Å². The van der Waals surface area contributed by atoms with Crippen LogP contribution in [0.3, 0.4) is 0 Å². The molecule has 94 valence electrons. The number of amides is 1. The quantitative estimate of drug-likeness (QED) is 0.768. The van der Waals surface area contributed by atoms with E-state index in [1.54, 1.807) is 0 Å². The Hall–Kier alpha value is -1.62. The fraction of sp³-hybridized carbons (Fsp3) is 0.417. The Morgan fingerprint density at radius 2 is 2.29 bits per heavy atom. The van der Waals surface area contributed by atoms with Crippen molar-refractivity contribution in [2.75, 3.05) is 18.9 Å². The van der Waals surface area contributed by atoms with Gasteiger partial charge in [0.1, 0.15) is 5.82 Å². The summed E-state index contributed by atoms with van der Waals surface area (Å²) in [5.41, 5.74) is 5.51. The van der Waals surface area contributed by atoms with Crippen LogP contribution in [0.2, 0.25) is 0 Å². The van der Waals surface area contributed by atoms with Crippen LogP contribution in [0.1, 0.15) is 24.2 Å². The highest BCUT2D eigenvalue weighted by Gasteiger charge is 2.14. The second-order valence-corrected chi connectivity index (χ2v) is 3.74. The highest BCUT2D eigenvalue weighted by atomic mass is 19.1. The Morgan fingerprint density at radius 3 is 2.94 bits per heavy atom. The highest BCUT2D eigenvalue weighted by molar-refractivity contribution is 5.99. The van der Waals surface area contributed by atoms with E-state index in [9.17, 15) is 9.18 Å². The van der Waals surface area contributed by atoms with E-state index in [1.807, 2.05) is 13.8 Å². The van der Waals surface area contributed by atoms with Crippen LogP contribution in [0.5, 0.6) is 0 Å². The molecule has 3 N–H and O–H groups in total. The van der Waals surface area contributed by atoms with Gasteiger partial charge >= 0.3 is 0 Å². The van der Waals surface area contributed by atoms with Gasteiger partial charge in [-0.05, 0) is 26.0 Å². The van der Waals surface area contributed by atoms with Crippen molar-refractivity contribution in [3.8, 4) is 0 Å².